The molecule has 0 radical (unpaired) electrons. The Morgan fingerprint density at radius 1 is 1.00 bits per heavy atom. The third-order valence-corrected chi connectivity index (χ3v) is 5.07. The number of aromatic nitrogens is 1. The van der Waals surface area contributed by atoms with E-state index >= 15 is 0 Å². The van der Waals surface area contributed by atoms with Crippen LogP contribution in [0.15, 0.2) is 60.7 Å². The number of aryl methyl sites for hydroxylation is 2. The van der Waals surface area contributed by atoms with E-state index in [1.54, 1.807) is 6.08 Å². The summed E-state index contributed by atoms with van der Waals surface area (Å²) in [7, 11) is 0. The van der Waals surface area contributed by atoms with Crippen LogP contribution < -0.4 is 5.32 Å². The SMILES string of the molecule is Cc1cccc(C(C)C)c1NC(=O)/C=C/c1cc(C)n(-c2ccccc2)c1C. The minimum absolute atomic E-state index is 0.110. The van der Waals surface area contributed by atoms with Crippen LogP contribution in [0.4, 0.5) is 5.69 Å². The van der Waals surface area contributed by atoms with Crippen molar-refractivity contribution in [1.82, 2.24) is 4.57 Å². The maximum absolute atomic E-state index is 12.6. The molecule has 0 saturated heterocycles. The number of hydrogen-bond donors (Lipinski definition) is 1. The number of rotatable bonds is 5. The maximum atomic E-state index is 12.6. The van der Waals surface area contributed by atoms with Crippen LogP contribution in [-0.2, 0) is 4.79 Å². The Hall–Kier alpha value is -3.07. The highest BCUT2D eigenvalue weighted by atomic mass is 16.1. The molecule has 0 bridgehead atoms. The fourth-order valence-corrected chi connectivity index (χ4v) is 3.60. The van der Waals surface area contributed by atoms with Crippen LogP contribution >= 0.6 is 0 Å². The number of amides is 1. The van der Waals surface area contributed by atoms with Crippen molar-refractivity contribution in [2.75, 3.05) is 5.32 Å². The van der Waals surface area contributed by atoms with E-state index in [4.69, 9.17) is 0 Å². The molecule has 0 fully saturated rings. The van der Waals surface area contributed by atoms with Crippen molar-refractivity contribution in [2.24, 2.45) is 0 Å². The molecule has 1 amide bonds. The molecular weight excluding hydrogens is 344 g/mol. The molecule has 3 nitrogen and oxygen atoms in total. The van der Waals surface area contributed by atoms with Crippen molar-refractivity contribution < 1.29 is 4.79 Å². The summed E-state index contributed by atoms with van der Waals surface area (Å²) in [5, 5.41) is 3.07. The van der Waals surface area contributed by atoms with Crippen LogP contribution in [0.3, 0.4) is 0 Å². The van der Waals surface area contributed by atoms with Gasteiger partial charge in [0.05, 0.1) is 0 Å². The van der Waals surface area contributed by atoms with Crippen LogP contribution in [0, 0.1) is 20.8 Å². The van der Waals surface area contributed by atoms with Gasteiger partial charge in [0.1, 0.15) is 0 Å². The third-order valence-electron chi connectivity index (χ3n) is 5.07. The van der Waals surface area contributed by atoms with Gasteiger partial charge in [0.25, 0.3) is 0 Å². The Bertz CT molecular complexity index is 1010. The summed E-state index contributed by atoms with van der Waals surface area (Å²) in [5.74, 6) is 0.240. The fourth-order valence-electron chi connectivity index (χ4n) is 3.60. The average Bonchev–Trinajstić information content (AvgIpc) is 2.95. The second-order valence-electron chi connectivity index (χ2n) is 7.51. The first-order valence-corrected chi connectivity index (χ1v) is 9.71. The highest BCUT2D eigenvalue weighted by Gasteiger charge is 2.12. The minimum Gasteiger partial charge on any atom is -0.322 e. The summed E-state index contributed by atoms with van der Waals surface area (Å²) in [6.45, 7) is 10.5. The van der Waals surface area contributed by atoms with Gasteiger partial charge in [0, 0.05) is 28.8 Å². The lowest BCUT2D eigenvalue weighted by atomic mass is 9.98. The Morgan fingerprint density at radius 3 is 2.39 bits per heavy atom. The summed E-state index contributed by atoms with van der Waals surface area (Å²) >= 11 is 0. The van der Waals surface area contributed by atoms with Gasteiger partial charge in [0.2, 0.25) is 5.91 Å². The second kappa shape index (κ2) is 8.30. The molecule has 2 aromatic carbocycles. The normalized spacial score (nSPS) is 11.4. The minimum atomic E-state index is -0.110. The molecule has 0 aliphatic heterocycles. The first-order valence-electron chi connectivity index (χ1n) is 9.71. The van der Waals surface area contributed by atoms with Gasteiger partial charge < -0.3 is 9.88 Å². The van der Waals surface area contributed by atoms with Gasteiger partial charge in [-0.25, -0.2) is 0 Å². The first kappa shape index (κ1) is 19.7. The molecule has 1 heterocycles. The standard InChI is InChI=1S/C25H28N2O/c1-17(2)23-13-9-10-18(3)25(23)26-24(28)15-14-21-16-19(4)27(20(21)5)22-11-7-6-8-12-22/h6-17H,1-5H3,(H,26,28)/b15-14+. The summed E-state index contributed by atoms with van der Waals surface area (Å²) in [6, 6.07) is 18.5. The van der Waals surface area contributed by atoms with E-state index in [-0.39, 0.29) is 5.91 Å². The fraction of sp³-hybridized carbons (Fsp3) is 0.240. The Morgan fingerprint density at radius 2 is 1.71 bits per heavy atom. The number of nitrogens with one attached hydrogen (secondary N) is 1. The number of nitrogens with zero attached hydrogens (tertiary/aromatic N) is 1. The molecule has 3 heteroatoms. The zero-order valence-corrected chi connectivity index (χ0v) is 17.3. The molecule has 0 saturated carbocycles. The van der Waals surface area contributed by atoms with E-state index in [0.29, 0.717) is 5.92 Å². The van der Waals surface area contributed by atoms with Gasteiger partial charge in [-0.3, -0.25) is 4.79 Å². The van der Waals surface area contributed by atoms with Crippen molar-refractivity contribution in [3.05, 3.63) is 88.8 Å². The summed E-state index contributed by atoms with van der Waals surface area (Å²) in [4.78, 5) is 12.6. The zero-order valence-electron chi connectivity index (χ0n) is 17.3. The van der Waals surface area contributed by atoms with Crippen molar-refractivity contribution in [1.29, 1.82) is 0 Å². The number of anilines is 1. The molecule has 0 unspecified atom stereocenters. The average molecular weight is 373 g/mol. The number of benzene rings is 2. The lowest BCUT2D eigenvalue weighted by Gasteiger charge is -2.15. The van der Waals surface area contributed by atoms with Crippen LogP contribution in [0.5, 0.6) is 0 Å². The molecule has 3 rings (SSSR count). The summed E-state index contributed by atoms with van der Waals surface area (Å²) < 4.78 is 2.20. The van der Waals surface area contributed by atoms with Crippen LogP contribution in [0.1, 0.15) is 47.8 Å². The molecule has 0 atom stereocenters. The van der Waals surface area contributed by atoms with Crippen molar-refractivity contribution in [2.45, 2.75) is 40.5 Å². The van der Waals surface area contributed by atoms with Crippen LogP contribution in [0.2, 0.25) is 0 Å². The number of hydrogen-bond acceptors (Lipinski definition) is 1. The summed E-state index contributed by atoms with van der Waals surface area (Å²) in [5.41, 5.74) is 7.59. The molecule has 3 aromatic rings. The number of carbonyl (C=O) groups is 1. The van der Waals surface area contributed by atoms with Crippen molar-refractivity contribution >= 4 is 17.7 Å². The van der Waals surface area contributed by atoms with E-state index < -0.39 is 0 Å². The van der Waals surface area contributed by atoms with E-state index in [2.05, 4.69) is 61.8 Å². The van der Waals surface area contributed by atoms with E-state index in [0.717, 1.165) is 39.5 Å². The lowest BCUT2D eigenvalue weighted by Crippen LogP contribution is -2.11. The first-order chi connectivity index (χ1) is 13.4. The molecule has 0 aliphatic carbocycles. The van der Waals surface area contributed by atoms with Crippen molar-refractivity contribution in [3.8, 4) is 5.69 Å². The van der Waals surface area contributed by atoms with Gasteiger partial charge >= 0.3 is 0 Å². The topological polar surface area (TPSA) is 34.0 Å². The van der Waals surface area contributed by atoms with E-state index in [1.807, 2.05) is 43.3 Å². The molecule has 28 heavy (non-hydrogen) atoms. The van der Waals surface area contributed by atoms with Crippen LogP contribution in [-0.4, -0.2) is 10.5 Å². The Kier molecular flexibility index (Phi) is 5.84. The highest BCUT2D eigenvalue weighted by molar-refractivity contribution is 6.03. The largest absolute Gasteiger partial charge is 0.322 e. The van der Waals surface area contributed by atoms with E-state index in [1.165, 1.54) is 0 Å². The predicted molar refractivity (Wildman–Crippen MR) is 118 cm³/mol. The van der Waals surface area contributed by atoms with E-state index in [9.17, 15) is 4.79 Å². The van der Waals surface area contributed by atoms with Gasteiger partial charge in [-0.05, 0) is 67.7 Å². The highest BCUT2D eigenvalue weighted by Crippen LogP contribution is 2.27. The Labute approximate surface area is 167 Å². The van der Waals surface area contributed by atoms with Gasteiger partial charge in [-0.15, -0.1) is 0 Å². The molecule has 1 aromatic heterocycles. The molecule has 0 spiro atoms. The molecule has 144 valence electrons. The predicted octanol–water partition coefficient (Wildman–Crippen LogP) is 6.18. The number of para-hydroxylation sites is 2. The molecule has 1 N–H and O–H groups in total. The van der Waals surface area contributed by atoms with Gasteiger partial charge in [-0.2, -0.15) is 0 Å². The second-order valence-corrected chi connectivity index (χ2v) is 7.51. The number of carbonyl (C=O) groups excluding carboxylic acids is 1. The van der Waals surface area contributed by atoms with Gasteiger partial charge in [-0.1, -0.05) is 50.2 Å². The smallest absolute Gasteiger partial charge is 0.248 e. The lowest BCUT2D eigenvalue weighted by molar-refractivity contribution is -0.111. The Balaban J connectivity index is 1.83. The van der Waals surface area contributed by atoms with Crippen LogP contribution in [0.25, 0.3) is 11.8 Å². The van der Waals surface area contributed by atoms with Crippen molar-refractivity contribution in [3.63, 3.8) is 0 Å². The summed E-state index contributed by atoms with van der Waals surface area (Å²) in [6.07, 6.45) is 3.51. The third kappa shape index (κ3) is 4.09. The quantitative estimate of drug-likeness (QED) is 0.533. The van der Waals surface area contributed by atoms with Gasteiger partial charge in [0.15, 0.2) is 0 Å². The monoisotopic (exact) mass is 372 g/mol. The molecule has 0 aliphatic rings. The zero-order chi connectivity index (χ0) is 20.3. The maximum Gasteiger partial charge on any atom is 0.248 e. The molecular formula is C25H28N2O.